The van der Waals surface area contributed by atoms with Crippen LogP contribution in [-0.4, -0.2) is 31.2 Å². The molecule has 0 heterocycles. The molecule has 4 atom stereocenters. The standard InChI is InChI=1S/C15H30N2O2/c1-5-19-9-14(10(2)3)17-15(18)13-7-6-12(16)8-11(13)4/h10-14H,5-9,16H2,1-4H3,(H,17,18). The molecule has 3 N–H and O–H groups in total. The van der Waals surface area contributed by atoms with Gasteiger partial charge in [-0.15, -0.1) is 0 Å². The van der Waals surface area contributed by atoms with Crippen molar-refractivity contribution in [2.24, 2.45) is 23.5 Å². The zero-order valence-corrected chi connectivity index (χ0v) is 12.8. The summed E-state index contributed by atoms with van der Waals surface area (Å²) in [4.78, 5) is 12.4. The SMILES string of the molecule is CCOCC(NC(=O)C1CCC(N)CC1C)C(C)C. The van der Waals surface area contributed by atoms with Crippen LogP contribution in [0.3, 0.4) is 0 Å². The first-order valence-electron chi connectivity index (χ1n) is 7.59. The van der Waals surface area contributed by atoms with Crippen LogP contribution >= 0.6 is 0 Å². The Morgan fingerprint density at radius 3 is 2.63 bits per heavy atom. The Hall–Kier alpha value is -0.610. The summed E-state index contributed by atoms with van der Waals surface area (Å²) in [6, 6.07) is 0.374. The van der Waals surface area contributed by atoms with E-state index in [0.29, 0.717) is 25.0 Å². The maximum absolute atomic E-state index is 12.4. The van der Waals surface area contributed by atoms with Crippen LogP contribution in [0.1, 0.15) is 47.0 Å². The van der Waals surface area contributed by atoms with Gasteiger partial charge in [0.2, 0.25) is 5.91 Å². The van der Waals surface area contributed by atoms with E-state index in [4.69, 9.17) is 10.5 Å². The van der Waals surface area contributed by atoms with Crippen LogP contribution < -0.4 is 11.1 Å². The molecule has 0 aliphatic heterocycles. The smallest absolute Gasteiger partial charge is 0.223 e. The van der Waals surface area contributed by atoms with Gasteiger partial charge in [0.25, 0.3) is 0 Å². The average Bonchev–Trinajstić information content (AvgIpc) is 2.33. The van der Waals surface area contributed by atoms with E-state index in [2.05, 4.69) is 26.1 Å². The van der Waals surface area contributed by atoms with Crippen LogP contribution in [0.25, 0.3) is 0 Å². The molecule has 1 aliphatic rings. The fourth-order valence-electron chi connectivity index (χ4n) is 2.76. The largest absolute Gasteiger partial charge is 0.380 e. The molecular weight excluding hydrogens is 240 g/mol. The van der Waals surface area contributed by atoms with Crippen LogP contribution in [0.2, 0.25) is 0 Å². The molecule has 0 aromatic carbocycles. The van der Waals surface area contributed by atoms with Gasteiger partial charge in [0.05, 0.1) is 12.6 Å². The molecule has 1 saturated carbocycles. The minimum Gasteiger partial charge on any atom is -0.380 e. The van der Waals surface area contributed by atoms with Gasteiger partial charge in [0, 0.05) is 18.6 Å². The topological polar surface area (TPSA) is 64.3 Å². The summed E-state index contributed by atoms with van der Waals surface area (Å²) in [5.41, 5.74) is 5.95. The zero-order chi connectivity index (χ0) is 14.4. The van der Waals surface area contributed by atoms with E-state index in [0.717, 1.165) is 19.3 Å². The van der Waals surface area contributed by atoms with Crippen LogP contribution in [0, 0.1) is 17.8 Å². The lowest BCUT2D eigenvalue weighted by Crippen LogP contribution is -2.47. The molecule has 0 aromatic rings. The van der Waals surface area contributed by atoms with E-state index in [-0.39, 0.29) is 23.9 Å². The molecule has 0 radical (unpaired) electrons. The average molecular weight is 270 g/mol. The molecule has 0 aromatic heterocycles. The highest BCUT2D eigenvalue weighted by molar-refractivity contribution is 5.79. The number of ether oxygens (including phenoxy) is 1. The summed E-state index contributed by atoms with van der Waals surface area (Å²) in [7, 11) is 0. The molecule has 0 spiro atoms. The second kappa shape index (κ2) is 7.85. The summed E-state index contributed by atoms with van der Waals surface area (Å²) >= 11 is 0. The highest BCUT2D eigenvalue weighted by Crippen LogP contribution is 2.29. The Morgan fingerprint density at radius 1 is 1.42 bits per heavy atom. The predicted molar refractivity (Wildman–Crippen MR) is 77.7 cm³/mol. The Kier molecular flexibility index (Phi) is 6.80. The Labute approximate surface area is 117 Å². The lowest BCUT2D eigenvalue weighted by atomic mass is 9.77. The monoisotopic (exact) mass is 270 g/mol. The number of hydrogen-bond acceptors (Lipinski definition) is 3. The normalized spacial score (nSPS) is 29.3. The van der Waals surface area contributed by atoms with E-state index < -0.39 is 0 Å². The summed E-state index contributed by atoms with van der Waals surface area (Å²) in [5, 5.41) is 3.16. The number of carbonyl (C=O) groups excluding carboxylic acids is 1. The van der Waals surface area contributed by atoms with Gasteiger partial charge < -0.3 is 15.8 Å². The number of nitrogens with two attached hydrogens (primary N) is 1. The fourth-order valence-corrected chi connectivity index (χ4v) is 2.76. The Morgan fingerprint density at radius 2 is 2.11 bits per heavy atom. The molecule has 4 nitrogen and oxygen atoms in total. The van der Waals surface area contributed by atoms with Crippen molar-refractivity contribution >= 4 is 5.91 Å². The third kappa shape index (κ3) is 5.11. The van der Waals surface area contributed by atoms with Crippen molar-refractivity contribution in [3.05, 3.63) is 0 Å². The van der Waals surface area contributed by atoms with Crippen molar-refractivity contribution in [2.45, 2.75) is 59.0 Å². The molecule has 0 bridgehead atoms. The van der Waals surface area contributed by atoms with Gasteiger partial charge in [-0.25, -0.2) is 0 Å². The highest BCUT2D eigenvalue weighted by Gasteiger charge is 2.32. The van der Waals surface area contributed by atoms with Crippen molar-refractivity contribution in [1.82, 2.24) is 5.32 Å². The lowest BCUT2D eigenvalue weighted by molar-refractivity contribution is -0.129. The first-order valence-corrected chi connectivity index (χ1v) is 7.59. The number of nitrogens with one attached hydrogen (secondary N) is 1. The molecule has 4 heteroatoms. The first kappa shape index (κ1) is 16.4. The van der Waals surface area contributed by atoms with Crippen LogP contribution in [0.5, 0.6) is 0 Å². The summed E-state index contributed by atoms with van der Waals surface area (Å²) in [6.07, 6.45) is 2.82. The molecule has 1 rings (SSSR count). The molecular formula is C15H30N2O2. The lowest BCUT2D eigenvalue weighted by Gasteiger charge is -2.33. The van der Waals surface area contributed by atoms with E-state index in [1.807, 2.05) is 6.92 Å². The highest BCUT2D eigenvalue weighted by atomic mass is 16.5. The van der Waals surface area contributed by atoms with Crippen LogP contribution in [0.4, 0.5) is 0 Å². The molecule has 1 fully saturated rings. The maximum atomic E-state index is 12.4. The second-order valence-electron chi connectivity index (χ2n) is 6.18. The number of hydrogen-bond donors (Lipinski definition) is 2. The number of amides is 1. The quantitative estimate of drug-likeness (QED) is 0.775. The van der Waals surface area contributed by atoms with Crippen molar-refractivity contribution < 1.29 is 9.53 Å². The van der Waals surface area contributed by atoms with Crippen molar-refractivity contribution in [2.75, 3.05) is 13.2 Å². The predicted octanol–water partition coefficient (Wildman–Crippen LogP) is 1.93. The summed E-state index contributed by atoms with van der Waals surface area (Å²) < 4.78 is 5.45. The summed E-state index contributed by atoms with van der Waals surface area (Å²) in [6.45, 7) is 9.63. The van der Waals surface area contributed by atoms with E-state index in [1.165, 1.54) is 0 Å². The van der Waals surface area contributed by atoms with Gasteiger partial charge in [0.15, 0.2) is 0 Å². The van der Waals surface area contributed by atoms with E-state index in [1.54, 1.807) is 0 Å². The van der Waals surface area contributed by atoms with Crippen molar-refractivity contribution in [3.63, 3.8) is 0 Å². The van der Waals surface area contributed by atoms with Crippen LogP contribution in [-0.2, 0) is 9.53 Å². The molecule has 1 amide bonds. The number of carbonyl (C=O) groups is 1. The van der Waals surface area contributed by atoms with Gasteiger partial charge in [-0.05, 0) is 38.0 Å². The molecule has 112 valence electrons. The minimum absolute atomic E-state index is 0.107. The van der Waals surface area contributed by atoms with E-state index >= 15 is 0 Å². The van der Waals surface area contributed by atoms with Gasteiger partial charge in [0.1, 0.15) is 0 Å². The first-order chi connectivity index (χ1) is 8.95. The third-order valence-electron chi connectivity index (χ3n) is 4.18. The van der Waals surface area contributed by atoms with Crippen molar-refractivity contribution in [3.8, 4) is 0 Å². The maximum Gasteiger partial charge on any atom is 0.223 e. The van der Waals surface area contributed by atoms with Gasteiger partial charge in [-0.1, -0.05) is 20.8 Å². The molecule has 4 unspecified atom stereocenters. The summed E-state index contributed by atoms with van der Waals surface area (Å²) in [5.74, 6) is 1.06. The Balaban J connectivity index is 2.51. The third-order valence-corrected chi connectivity index (χ3v) is 4.18. The van der Waals surface area contributed by atoms with Crippen molar-refractivity contribution in [1.29, 1.82) is 0 Å². The number of rotatable bonds is 6. The van der Waals surface area contributed by atoms with E-state index in [9.17, 15) is 4.79 Å². The molecule has 1 aliphatic carbocycles. The molecule has 0 saturated heterocycles. The van der Waals surface area contributed by atoms with Gasteiger partial charge in [-0.2, -0.15) is 0 Å². The Bertz CT molecular complexity index is 281. The minimum atomic E-state index is 0.107. The van der Waals surface area contributed by atoms with Crippen LogP contribution in [0.15, 0.2) is 0 Å². The molecule has 19 heavy (non-hydrogen) atoms. The van der Waals surface area contributed by atoms with Gasteiger partial charge >= 0.3 is 0 Å². The second-order valence-corrected chi connectivity index (χ2v) is 6.18. The zero-order valence-electron chi connectivity index (χ0n) is 12.8. The van der Waals surface area contributed by atoms with Gasteiger partial charge in [-0.3, -0.25) is 4.79 Å². The fraction of sp³-hybridized carbons (Fsp3) is 0.933.